The summed E-state index contributed by atoms with van der Waals surface area (Å²) in [4.78, 5) is 35.4. The number of nitrogens with one attached hydrogen (secondary N) is 1. The number of carbonyl (C=O) groups excluding carboxylic acids is 2. The lowest BCUT2D eigenvalue weighted by Gasteiger charge is -2.18. The Balaban J connectivity index is 2.27. The van der Waals surface area contributed by atoms with E-state index in [0.29, 0.717) is 18.6 Å². The van der Waals surface area contributed by atoms with E-state index in [-0.39, 0.29) is 23.7 Å². The molecule has 0 aliphatic heterocycles. The molecule has 6 nitrogen and oxygen atoms in total. The Kier molecular flexibility index (Phi) is 13.4. The Bertz CT molecular complexity index is 586. The fourth-order valence-electron chi connectivity index (χ4n) is 4.27. The number of hydrogen-bond acceptors (Lipinski definition) is 4. The zero-order valence-electron chi connectivity index (χ0n) is 19.6. The lowest BCUT2D eigenvalue weighted by molar-refractivity contribution is -0.143. The molecule has 6 heteroatoms. The summed E-state index contributed by atoms with van der Waals surface area (Å²) in [6.45, 7) is 5.70. The number of carbonyl (C=O) groups is 3. The van der Waals surface area contributed by atoms with Gasteiger partial charge in [0.15, 0.2) is 0 Å². The maximum atomic E-state index is 12.3. The highest BCUT2D eigenvalue weighted by Crippen LogP contribution is 2.34. The molecule has 178 valence electrons. The molecular formula is C25H43NO5. The van der Waals surface area contributed by atoms with Crippen molar-refractivity contribution in [2.75, 3.05) is 0 Å². The van der Waals surface area contributed by atoms with Crippen molar-refractivity contribution in [3.8, 4) is 0 Å². The van der Waals surface area contributed by atoms with Gasteiger partial charge in [-0.2, -0.15) is 0 Å². The molecule has 1 aliphatic carbocycles. The van der Waals surface area contributed by atoms with E-state index in [1.54, 1.807) is 13.8 Å². The van der Waals surface area contributed by atoms with Crippen LogP contribution in [0, 0.1) is 17.8 Å². The van der Waals surface area contributed by atoms with Crippen LogP contribution in [0.25, 0.3) is 0 Å². The number of aliphatic hydroxyl groups excluding tert-OH is 1. The summed E-state index contributed by atoms with van der Waals surface area (Å²) in [6.07, 6.45) is 13.8. The molecule has 0 bridgehead atoms. The summed E-state index contributed by atoms with van der Waals surface area (Å²) >= 11 is 0. The minimum absolute atomic E-state index is 0.0600. The number of rotatable bonds is 16. The van der Waals surface area contributed by atoms with Crippen molar-refractivity contribution in [1.29, 1.82) is 0 Å². The zero-order valence-corrected chi connectivity index (χ0v) is 19.6. The van der Waals surface area contributed by atoms with Gasteiger partial charge in [-0.25, -0.2) is 4.79 Å². The topological polar surface area (TPSA) is 104 Å². The van der Waals surface area contributed by atoms with Gasteiger partial charge < -0.3 is 15.5 Å². The lowest BCUT2D eigenvalue weighted by atomic mass is 9.89. The third kappa shape index (κ3) is 10.9. The monoisotopic (exact) mass is 437 g/mol. The van der Waals surface area contributed by atoms with Crippen LogP contribution in [0.4, 0.5) is 0 Å². The second kappa shape index (κ2) is 15.2. The van der Waals surface area contributed by atoms with E-state index < -0.39 is 18.1 Å². The molecule has 1 saturated carbocycles. The van der Waals surface area contributed by atoms with Crippen molar-refractivity contribution in [3.05, 3.63) is 12.2 Å². The Hall–Kier alpha value is -1.69. The summed E-state index contributed by atoms with van der Waals surface area (Å²) in [5, 5.41) is 21.8. The highest BCUT2D eigenvalue weighted by molar-refractivity contribution is 5.84. The summed E-state index contributed by atoms with van der Waals surface area (Å²) in [5.74, 6) is -0.725. The number of ketones is 1. The molecule has 0 aromatic heterocycles. The molecule has 1 fully saturated rings. The lowest BCUT2D eigenvalue weighted by Crippen LogP contribution is -2.44. The van der Waals surface area contributed by atoms with Crippen LogP contribution in [0.5, 0.6) is 0 Å². The molecule has 0 aromatic rings. The zero-order chi connectivity index (χ0) is 23.2. The van der Waals surface area contributed by atoms with E-state index in [9.17, 15) is 19.5 Å². The third-order valence-electron chi connectivity index (χ3n) is 6.26. The van der Waals surface area contributed by atoms with Crippen LogP contribution in [0.1, 0.15) is 97.8 Å². The average Bonchev–Trinajstić information content (AvgIpc) is 3.06. The van der Waals surface area contributed by atoms with Crippen LogP contribution in [0.3, 0.4) is 0 Å². The molecule has 1 rings (SSSR count). The van der Waals surface area contributed by atoms with Crippen LogP contribution in [-0.4, -0.2) is 40.0 Å². The van der Waals surface area contributed by atoms with Crippen molar-refractivity contribution < 1.29 is 24.6 Å². The fourth-order valence-corrected chi connectivity index (χ4v) is 4.27. The maximum Gasteiger partial charge on any atom is 0.326 e. The molecule has 0 unspecified atom stereocenters. The van der Waals surface area contributed by atoms with E-state index >= 15 is 0 Å². The summed E-state index contributed by atoms with van der Waals surface area (Å²) in [7, 11) is 0. The van der Waals surface area contributed by atoms with Crippen molar-refractivity contribution in [3.63, 3.8) is 0 Å². The van der Waals surface area contributed by atoms with Crippen LogP contribution in [0.15, 0.2) is 12.2 Å². The van der Waals surface area contributed by atoms with Gasteiger partial charge in [0, 0.05) is 18.8 Å². The molecule has 1 aliphatic rings. The predicted molar refractivity (Wildman–Crippen MR) is 123 cm³/mol. The number of allylic oxidation sites excluding steroid dienone is 1. The first-order chi connectivity index (χ1) is 14.8. The Morgan fingerprint density at radius 1 is 1.13 bits per heavy atom. The van der Waals surface area contributed by atoms with Gasteiger partial charge in [0.2, 0.25) is 5.91 Å². The molecule has 3 N–H and O–H groups in total. The molecule has 31 heavy (non-hydrogen) atoms. The van der Waals surface area contributed by atoms with Crippen molar-refractivity contribution in [1.82, 2.24) is 5.32 Å². The van der Waals surface area contributed by atoms with E-state index in [1.807, 2.05) is 6.08 Å². The second-order valence-electron chi connectivity index (χ2n) is 9.30. The van der Waals surface area contributed by atoms with Crippen molar-refractivity contribution in [2.45, 2.75) is 110 Å². The van der Waals surface area contributed by atoms with Gasteiger partial charge in [-0.05, 0) is 37.5 Å². The highest BCUT2D eigenvalue weighted by Gasteiger charge is 2.32. The van der Waals surface area contributed by atoms with Crippen molar-refractivity contribution >= 4 is 17.7 Å². The van der Waals surface area contributed by atoms with Gasteiger partial charge in [-0.3, -0.25) is 9.59 Å². The van der Waals surface area contributed by atoms with Gasteiger partial charge >= 0.3 is 5.97 Å². The number of unbranched alkanes of at least 4 members (excludes halogenated alkanes) is 5. The minimum atomic E-state index is -0.998. The standard InChI is InChI=1S/C25H43NO5/c1-4-5-8-11-20(27)16-14-19-15-17-22(28)21(19)12-9-6-7-10-13-23(29)26-24(18(2)3)25(30)31/h14,16,18-21,24,27H,4-13,15,17H2,1-3H3,(H,26,29)(H,30,31)/b16-14+/t19-,20-,21+,24-/m0/s1. The van der Waals surface area contributed by atoms with E-state index in [4.69, 9.17) is 5.11 Å². The van der Waals surface area contributed by atoms with Crippen LogP contribution < -0.4 is 5.32 Å². The number of aliphatic hydroxyl groups is 1. The van der Waals surface area contributed by atoms with Gasteiger partial charge in [-0.15, -0.1) is 0 Å². The Morgan fingerprint density at radius 3 is 2.48 bits per heavy atom. The number of carboxylic acid groups (broad SMARTS) is 1. The molecule has 0 heterocycles. The number of Topliss-reactive ketones (excluding diaryl/α,β-unsaturated/α-hetero) is 1. The van der Waals surface area contributed by atoms with Gasteiger partial charge in [0.05, 0.1) is 6.10 Å². The van der Waals surface area contributed by atoms with E-state index in [2.05, 4.69) is 18.3 Å². The number of aliphatic carboxylic acids is 1. The largest absolute Gasteiger partial charge is 0.480 e. The smallest absolute Gasteiger partial charge is 0.326 e. The first-order valence-corrected chi connectivity index (χ1v) is 12.2. The molecular weight excluding hydrogens is 394 g/mol. The maximum absolute atomic E-state index is 12.3. The molecule has 0 radical (unpaired) electrons. The molecule has 0 aromatic carbocycles. The van der Waals surface area contributed by atoms with Crippen LogP contribution in [-0.2, 0) is 14.4 Å². The fraction of sp³-hybridized carbons (Fsp3) is 0.800. The SMILES string of the molecule is CCCCC[C@H](O)/C=C/[C@H]1CCC(=O)[C@@H]1CCCCCCC(=O)N[C@H](C(=O)O)C(C)C. The van der Waals surface area contributed by atoms with E-state index in [1.165, 1.54) is 0 Å². The Labute approximate surface area is 187 Å². The summed E-state index contributed by atoms with van der Waals surface area (Å²) < 4.78 is 0. The first kappa shape index (κ1) is 27.3. The Morgan fingerprint density at radius 2 is 1.84 bits per heavy atom. The number of hydrogen-bond donors (Lipinski definition) is 3. The first-order valence-electron chi connectivity index (χ1n) is 12.2. The molecule has 1 amide bonds. The number of carboxylic acids is 1. The third-order valence-corrected chi connectivity index (χ3v) is 6.26. The van der Waals surface area contributed by atoms with Crippen molar-refractivity contribution in [2.24, 2.45) is 17.8 Å². The summed E-state index contributed by atoms with van der Waals surface area (Å²) in [5.41, 5.74) is 0. The van der Waals surface area contributed by atoms with Crippen LogP contribution in [0.2, 0.25) is 0 Å². The summed E-state index contributed by atoms with van der Waals surface area (Å²) in [6, 6.07) is -0.837. The molecule has 0 saturated heterocycles. The average molecular weight is 438 g/mol. The quantitative estimate of drug-likeness (QED) is 0.241. The van der Waals surface area contributed by atoms with Crippen LogP contribution >= 0.6 is 0 Å². The molecule has 4 atom stereocenters. The van der Waals surface area contributed by atoms with E-state index in [0.717, 1.165) is 64.2 Å². The van der Waals surface area contributed by atoms with Gasteiger partial charge in [-0.1, -0.05) is 71.4 Å². The van der Waals surface area contributed by atoms with Gasteiger partial charge in [0.1, 0.15) is 11.8 Å². The second-order valence-corrected chi connectivity index (χ2v) is 9.30. The molecule has 0 spiro atoms. The minimum Gasteiger partial charge on any atom is -0.480 e. The van der Waals surface area contributed by atoms with Gasteiger partial charge in [0.25, 0.3) is 0 Å². The number of amides is 1. The highest BCUT2D eigenvalue weighted by atomic mass is 16.4. The predicted octanol–water partition coefficient (Wildman–Crippen LogP) is 4.65. The normalized spacial score (nSPS) is 21.0.